The highest BCUT2D eigenvalue weighted by Gasteiger charge is 2.17. The summed E-state index contributed by atoms with van der Waals surface area (Å²) >= 11 is 4.87. The molecule has 2 heterocycles. The van der Waals surface area contributed by atoms with Gasteiger partial charge >= 0.3 is 0 Å². The summed E-state index contributed by atoms with van der Waals surface area (Å²) in [7, 11) is 0. The van der Waals surface area contributed by atoms with Gasteiger partial charge in [-0.15, -0.1) is 11.3 Å². The Morgan fingerprint density at radius 3 is 3.14 bits per heavy atom. The topological polar surface area (TPSA) is 41.1 Å². The Labute approximate surface area is 95.0 Å². The Kier molecular flexibility index (Phi) is 3.20. The molecule has 0 radical (unpaired) electrons. The standard InChI is InChI=1S/C9H11BrN2OS/c10-8-3-6(5-14-8)9(13)12-7-1-2-11-4-7/h3,5,7,11H,1-2,4H2,(H,12,13)/t7-/m0/s1. The molecule has 5 heteroatoms. The van der Waals surface area contributed by atoms with Gasteiger partial charge < -0.3 is 10.6 Å². The van der Waals surface area contributed by atoms with E-state index in [1.165, 1.54) is 11.3 Å². The second-order valence-corrected chi connectivity index (χ2v) is 5.59. The molecule has 3 nitrogen and oxygen atoms in total. The molecular formula is C9H11BrN2OS. The van der Waals surface area contributed by atoms with Gasteiger partial charge in [-0.3, -0.25) is 4.79 Å². The molecule has 1 fully saturated rings. The fourth-order valence-electron chi connectivity index (χ4n) is 1.48. The number of halogens is 1. The molecule has 1 aromatic heterocycles. The molecule has 1 aliphatic heterocycles. The number of hydrogen-bond donors (Lipinski definition) is 2. The van der Waals surface area contributed by atoms with Gasteiger partial charge in [0, 0.05) is 18.0 Å². The molecule has 0 spiro atoms. The zero-order valence-corrected chi connectivity index (χ0v) is 9.95. The fraction of sp³-hybridized carbons (Fsp3) is 0.444. The van der Waals surface area contributed by atoms with E-state index in [0.717, 1.165) is 28.9 Å². The Morgan fingerprint density at radius 2 is 2.57 bits per heavy atom. The Bertz CT molecular complexity index is 333. The van der Waals surface area contributed by atoms with Gasteiger partial charge in [0.15, 0.2) is 0 Å². The van der Waals surface area contributed by atoms with Crippen LogP contribution in [0.25, 0.3) is 0 Å². The third kappa shape index (κ3) is 2.34. The minimum absolute atomic E-state index is 0.0284. The molecule has 1 atom stereocenters. The van der Waals surface area contributed by atoms with Crippen molar-refractivity contribution < 1.29 is 4.79 Å². The van der Waals surface area contributed by atoms with Gasteiger partial charge in [0.1, 0.15) is 0 Å². The average molecular weight is 275 g/mol. The van der Waals surface area contributed by atoms with Crippen molar-refractivity contribution in [2.24, 2.45) is 0 Å². The normalized spacial score (nSPS) is 21.1. The first-order valence-electron chi connectivity index (χ1n) is 4.51. The van der Waals surface area contributed by atoms with Gasteiger partial charge in [-0.25, -0.2) is 0 Å². The average Bonchev–Trinajstić information content (AvgIpc) is 2.75. The summed E-state index contributed by atoms with van der Waals surface area (Å²) in [6.45, 7) is 1.88. The van der Waals surface area contributed by atoms with E-state index < -0.39 is 0 Å². The lowest BCUT2D eigenvalue weighted by Crippen LogP contribution is -2.35. The molecule has 1 amide bonds. The molecule has 2 rings (SSSR count). The molecule has 0 aromatic carbocycles. The van der Waals surface area contributed by atoms with Crippen molar-refractivity contribution in [3.05, 3.63) is 20.8 Å². The van der Waals surface area contributed by atoms with Crippen LogP contribution in [-0.4, -0.2) is 25.0 Å². The molecule has 2 N–H and O–H groups in total. The third-order valence-corrected chi connectivity index (χ3v) is 3.73. The maximum Gasteiger partial charge on any atom is 0.252 e. The molecular weight excluding hydrogens is 264 g/mol. The number of thiophene rings is 1. The van der Waals surface area contributed by atoms with Crippen molar-refractivity contribution >= 4 is 33.2 Å². The predicted molar refractivity (Wildman–Crippen MR) is 60.8 cm³/mol. The zero-order valence-electron chi connectivity index (χ0n) is 7.55. The smallest absolute Gasteiger partial charge is 0.252 e. The van der Waals surface area contributed by atoms with Crippen molar-refractivity contribution in [1.29, 1.82) is 0 Å². The molecule has 76 valence electrons. The minimum Gasteiger partial charge on any atom is -0.348 e. The highest BCUT2D eigenvalue weighted by Crippen LogP contribution is 2.20. The number of nitrogens with one attached hydrogen (secondary N) is 2. The van der Waals surface area contributed by atoms with E-state index in [1.54, 1.807) is 0 Å². The van der Waals surface area contributed by atoms with Gasteiger partial charge in [-0.2, -0.15) is 0 Å². The minimum atomic E-state index is 0.0284. The van der Waals surface area contributed by atoms with Crippen LogP contribution in [0.3, 0.4) is 0 Å². The van der Waals surface area contributed by atoms with E-state index in [1.807, 2.05) is 11.4 Å². The number of rotatable bonds is 2. The van der Waals surface area contributed by atoms with Gasteiger partial charge in [0.2, 0.25) is 0 Å². The van der Waals surface area contributed by atoms with Gasteiger partial charge in [-0.1, -0.05) is 0 Å². The van der Waals surface area contributed by atoms with E-state index in [9.17, 15) is 4.79 Å². The van der Waals surface area contributed by atoms with Crippen molar-refractivity contribution in [2.75, 3.05) is 13.1 Å². The van der Waals surface area contributed by atoms with Crippen LogP contribution in [0.15, 0.2) is 15.2 Å². The van der Waals surface area contributed by atoms with Gasteiger partial charge in [0.05, 0.1) is 9.35 Å². The second kappa shape index (κ2) is 4.42. The van der Waals surface area contributed by atoms with Crippen LogP contribution in [-0.2, 0) is 0 Å². The lowest BCUT2D eigenvalue weighted by atomic mass is 10.2. The predicted octanol–water partition coefficient (Wildman–Crippen LogP) is 1.60. The van der Waals surface area contributed by atoms with Crippen LogP contribution < -0.4 is 10.6 Å². The van der Waals surface area contributed by atoms with Crippen LogP contribution in [0.5, 0.6) is 0 Å². The van der Waals surface area contributed by atoms with Crippen molar-refractivity contribution in [3.8, 4) is 0 Å². The molecule has 14 heavy (non-hydrogen) atoms. The second-order valence-electron chi connectivity index (χ2n) is 3.30. The van der Waals surface area contributed by atoms with Crippen molar-refractivity contribution in [1.82, 2.24) is 10.6 Å². The first-order valence-corrected chi connectivity index (χ1v) is 6.18. The number of amides is 1. The first kappa shape index (κ1) is 10.1. The fourth-order valence-corrected chi connectivity index (χ4v) is 2.61. The highest BCUT2D eigenvalue weighted by atomic mass is 79.9. The quantitative estimate of drug-likeness (QED) is 0.860. The summed E-state index contributed by atoms with van der Waals surface area (Å²) in [6.07, 6.45) is 1.02. The summed E-state index contributed by atoms with van der Waals surface area (Å²) in [5.41, 5.74) is 0.744. The lowest BCUT2D eigenvalue weighted by Gasteiger charge is -2.09. The SMILES string of the molecule is O=C(N[C@H]1CCNC1)c1csc(Br)c1. The van der Waals surface area contributed by atoms with Crippen LogP contribution in [0.1, 0.15) is 16.8 Å². The molecule has 0 aliphatic carbocycles. The van der Waals surface area contributed by atoms with E-state index in [4.69, 9.17) is 0 Å². The Balaban J connectivity index is 1.95. The van der Waals surface area contributed by atoms with Crippen LogP contribution in [0.2, 0.25) is 0 Å². The van der Waals surface area contributed by atoms with Crippen LogP contribution in [0.4, 0.5) is 0 Å². The molecule has 1 saturated heterocycles. The van der Waals surface area contributed by atoms with Crippen LogP contribution in [0, 0.1) is 0 Å². The summed E-state index contributed by atoms with van der Waals surface area (Å²) in [5.74, 6) is 0.0284. The molecule has 1 aromatic rings. The summed E-state index contributed by atoms with van der Waals surface area (Å²) in [4.78, 5) is 11.7. The number of hydrogen-bond acceptors (Lipinski definition) is 3. The zero-order chi connectivity index (χ0) is 9.97. The maximum absolute atomic E-state index is 11.7. The monoisotopic (exact) mass is 274 g/mol. The lowest BCUT2D eigenvalue weighted by molar-refractivity contribution is 0.0940. The first-order chi connectivity index (χ1) is 6.75. The van der Waals surface area contributed by atoms with E-state index in [-0.39, 0.29) is 5.91 Å². The third-order valence-electron chi connectivity index (χ3n) is 2.23. The van der Waals surface area contributed by atoms with E-state index in [0.29, 0.717) is 6.04 Å². The largest absolute Gasteiger partial charge is 0.348 e. The number of carbonyl (C=O) groups excluding carboxylic acids is 1. The summed E-state index contributed by atoms with van der Waals surface area (Å²) in [6, 6.07) is 2.14. The molecule has 0 saturated carbocycles. The van der Waals surface area contributed by atoms with Crippen molar-refractivity contribution in [3.63, 3.8) is 0 Å². The molecule has 1 aliphatic rings. The van der Waals surface area contributed by atoms with Gasteiger partial charge in [0.25, 0.3) is 5.91 Å². The van der Waals surface area contributed by atoms with Crippen molar-refractivity contribution in [2.45, 2.75) is 12.5 Å². The highest BCUT2D eigenvalue weighted by molar-refractivity contribution is 9.11. The number of carbonyl (C=O) groups is 1. The van der Waals surface area contributed by atoms with E-state index >= 15 is 0 Å². The summed E-state index contributed by atoms with van der Waals surface area (Å²) < 4.78 is 0.993. The van der Waals surface area contributed by atoms with Crippen LogP contribution >= 0.6 is 27.3 Å². The Morgan fingerprint density at radius 1 is 1.71 bits per heavy atom. The Hall–Kier alpha value is -0.390. The van der Waals surface area contributed by atoms with Gasteiger partial charge in [-0.05, 0) is 35.0 Å². The molecule has 0 bridgehead atoms. The summed E-state index contributed by atoms with van der Waals surface area (Å²) in [5, 5.41) is 8.07. The van der Waals surface area contributed by atoms with E-state index in [2.05, 4.69) is 26.6 Å². The maximum atomic E-state index is 11.7. The molecule has 0 unspecified atom stereocenters.